The van der Waals surface area contributed by atoms with Crippen LogP contribution >= 0.6 is 11.8 Å². The molecule has 1 aliphatic carbocycles. The third-order valence-electron chi connectivity index (χ3n) is 12.0. The second-order valence-electron chi connectivity index (χ2n) is 15.4. The van der Waals surface area contributed by atoms with E-state index in [2.05, 4.69) is 131 Å². The van der Waals surface area contributed by atoms with E-state index in [-0.39, 0.29) is 0 Å². The maximum absolute atomic E-state index is 5.28. The van der Waals surface area contributed by atoms with Gasteiger partial charge in [-0.25, -0.2) is 19.9 Å². The summed E-state index contributed by atoms with van der Waals surface area (Å²) in [5.41, 5.74) is 15.5. The summed E-state index contributed by atoms with van der Waals surface area (Å²) in [5.74, 6) is 1.88. The van der Waals surface area contributed by atoms with Gasteiger partial charge in [0.2, 0.25) is 0 Å². The van der Waals surface area contributed by atoms with Crippen LogP contribution in [-0.2, 0) is 5.41 Å². The van der Waals surface area contributed by atoms with Gasteiger partial charge in [-0.2, -0.15) is 0 Å². The first-order chi connectivity index (χ1) is 30.7. The molecular formula is C55H34N6S. The Labute approximate surface area is 363 Å². The van der Waals surface area contributed by atoms with Gasteiger partial charge in [-0.05, 0) is 80.9 Å². The van der Waals surface area contributed by atoms with Gasteiger partial charge in [0.15, 0.2) is 17.5 Å². The van der Waals surface area contributed by atoms with Gasteiger partial charge in [0.1, 0.15) is 0 Å². The van der Waals surface area contributed by atoms with Gasteiger partial charge in [0.25, 0.3) is 0 Å². The Morgan fingerprint density at radius 2 is 0.726 bits per heavy atom. The number of nitrogens with zero attached hydrogens (tertiary/aromatic N) is 6. The molecule has 4 aromatic heterocycles. The van der Waals surface area contributed by atoms with E-state index in [9.17, 15) is 0 Å². The van der Waals surface area contributed by atoms with Crippen molar-refractivity contribution in [3.63, 3.8) is 0 Å². The molecule has 1 spiro atoms. The highest BCUT2D eigenvalue weighted by Gasteiger charge is 2.51. The summed E-state index contributed by atoms with van der Waals surface area (Å²) in [6, 6.07) is 64.2. The first-order valence-electron chi connectivity index (χ1n) is 20.6. The van der Waals surface area contributed by atoms with Crippen molar-refractivity contribution in [2.45, 2.75) is 15.2 Å². The fourth-order valence-corrected chi connectivity index (χ4v) is 10.7. The third-order valence-corrected chi connectivity index (χ3v) is 13.3. The molecule has 0 atom stereocenters. The normalized spacial score (nSPS) is 12.9. The zero-order chi connectivity index (χ0) is 41.0. The lowest BCUT2D eigenvalue weighted by molar-refractivity contribution is 0.723. The summed E-state index contributed by atoms with van der Waals surface area (Å²) in [6.07, 6.45) is 7.28. The molecule has 7 heteroatoms. The number of hydrogen-bond donors (Lipinski definition) is 0. The smallest absolute Gasteiger partial charge is 0.165 e. The summed E-state index contributed by atoms with van der Waals surface area (Å²) in [6.45, 7) is 0. The van der Waals surface area contributed by atoms with Crippen molar-refractivity contribution in [2.75, 3.05) is 0 Å². The summed E-state index contributed by atoms with van der Waals surface area (Å²) in [5, 5.41) is 0. The predicted octanol–water partition coefficient (Wildman–Crippen LogP) is 12.9. The molecule has 6 aromatic carbocycles. The zero-order valence-corrected chi connectivity index (χ0v) is 34.0. The van der Waals surface area contributed by atoms with Crippen molar-refractivity contribution < 1.29 is 0 Å². The minimum atomic E-state index is -0.637. The maximum Gasteiger partial charge on any atom is 0.165 e. The van der Waals surface area contributed by atoms with Gasteiger partial charge in [0.05, 0.1) is 16.8 Å². The third kappa shape index (κ3) is 5.74. The lowest BCUT2D eigenvalue weighted by atomic mass is 9.66. The van der Waals surface area contributed by atoms with Crippen LogP contribution in [0, 0.1) is 0 Å². The number of fused-ring (bicyclic) bond motifs is 9. The molecule has 0 fully saturated rings. The Bertz CT molecular complexity index is 2980. The molecule has 62 heavy (non-hydrogen) atoms. The van der Waals surface area contributed by atoms with Crippen molar-refractivity contribution in [2.24, 2.45) is 0 Å². The topological polar surface area (TPSA) is 77.3 Å². The minimum absolute atomic E-state index is 0.626. The molecule has 0 saturated heterocycles. The highest BCUT2D eigenvalue weighted by atomic mass is 32.2. The van der Waals surface area contributed by atoms with Crippen LogP contribution in [0.3, 0.4) is 0 Å². The van der Waals surface area contributed by atoms with Crippen LogP contribution < -0.4 is 0 Å². The van der Waals surface area contributed by atoms with E-state index < -0.39 is 5.41 Å². The fraction of sp³-hybridized carbons (Fsp3) is 0.0182. The molecule has 0 bridgehead atoms. The van der Waals surface area contributed by atoms with E-state index >= 15 is 0 Å². The van der Waals surface area contributed by atoms with Gasteiger partial charge in [0, 0.05) is 62.4 Å². The fourth-order valence-electron chi connectivity index (χ4n) is 9.31. The Hall–Kier alpha value is -7.87. The summed E-state index contributed by atoms with van der Waals surface area (Å²) < 4.78 is 0. The molecular weight excluding hydrogens is 777 g/mol. The van der Waals surface area contributed by atoms with E-state index in [4.69, 9.17) is 19.9 Å². The van der Waals surface area contributed by atoms with Gasteiger partial charge in [-0.1, -0.05) is 157 Å². The summed E-state index contributed by atoms with van der Waals surface area (Å²) in [7, 11) is 0. The molecule has 2 aliphatic rings. The van der Waals surface area contributed by atoms with E-state index in [0.717, 1.165) is 55.2 Å². The van der Waals surface area contributed by atoms with E-state index in [0.29, 0.717) is 17.5 Å². The van der Waals surface area contributed by atoms with Crippen LogP contribution in [0.15, 0.2) is 217 Å². The van der Waals surface area contributed by atoms with E-state index in [1.54, 1.807) is 11.8 Å². The van der Waals surface area contributed by atoms with Gasteiger partial charge >= 0.3 is 0 Å². The summed E-state index contributed by atoms with van der Waals surface area (Å²) in [4.78, 5) is 31.7. The lowest BCUT2D eigenvalue weighted by Gasteiger charge is -2.41. The second kappa shape index (κ2) is 14.7. The molecule has 0 N–H and O–H groups in total. The Morgan fingerprint density at radius 1 is 0.306 bits per heavy atom. The molecule has 10 aromatic rings. The van der Waals surface area contributed by atoms with Crippen molar-refractivity contribution in [3.05, 3.63) is 229 Å². The van der Waals surface area contributed by atoms with Crippen molar-refractivity contribution in [1.29, 1.82) is 0 Å². The zero-order valence-electron chi connectivity index (χ0n) is 33.2. The Morgan fingerprint density at radius 3 is 1.26 bits per heavy atom. The minimum Gasteiger partial charge on any atom is -0.265 e. The number of pyridine rings is 3. The maximum atomic E-state index is 5.28. The van der Waals surface area contributed by atoms with Gasteiger partial charge in [-0.3, -0.25) is 9.97 Å². The lowest BCUT2D eigenvalue weighted by Crippen LogP contribution is -2.32. The Kier molecular flexibility index (Phi) is 8.54. The molecule has 0 radical (unpaired) electrons. The molecule has 290 valence electrons. The standard InChI is InChI=1S/C55H34N6S/c1-3-13-37(14-4-1)52-59-53(38-15-5-2-6-16-38)61-54(60-52)43-20-12-24-47-51(43)62-50-40(39-33-48(35-25-29-56-30-26-35)58-49(34-39)36-27-31-57-32-28-36)19-11-23-46(50)55(47)44-21-9-7-17-41(44)42-18-8-10-22-45(42)55/h1-34H. The van der Waals surface area contributed by atoms with E-state index in [1.165, 1.54) is 38.3 Å². The van der Waals surface area contributed by atoms with Crippen LogP contribution in [0.25, 0.3) is 78.9 Å². The molecule has 1 aliphatic heterocycles. The first-order valence-corrected chi connectivity index (χ1v) is 21.4. The van der Waals surface area contributed by atoms with Crippen molar-refractivity contribution >= 4 is 11.8 Å². The van der Waals surface area contributed by atoms with Crippen LogP contribution in [0.1, 0.15) is 22.3 Å². The largest absolute Gasteiger partial charge is 0.265 e. The number of benzene rings is 6. The number of rotatable bonds is 6. The molecule has 12 rings (SSSR count). The quantitative estimate of drug-likeness (QED) is 0.165. The highest BCUT2D eigenvalue weighted by Crippen LogP contribution is 2.64. The van der Waals surface area contributed by atoms with Crippen molar-refractivity contribution in [3.8, 4) is 78.9 Å². The SMILES string of the molecule is c1ccc(-c2nc(-c3ccccc3)nc(-c3cccc4c3Sc3c(-c5cc(-c6ccncc6)nc(-c6ccncc6)c5)cccc3C43c4ccccc4-c4ccccc43)n2)cc1. The van der Waals surface area contributed by atoms with Crippen LogP contribution in [-0.4, -0.2) is 29.9 Å². The number of aromatic nitrogens is 6. The van der Waals surface area contributed by atoms with Crippen LogP contribution in [0.5, 0.6) is 0 Å². The molecule has 6 nitrogen and oxygen atoms in total. The second-order valence-corrected chi connectivity index (χ2v) is 16.5. The molecule has 0 unspecified atom stereocenters. The molecule has 5 heterocycles. The van der Waals surface area contributed by atoms with Crippen LogP contribution in [0.2, 0.25) is 0 Å². The van der Waals surface area contributed by atoms with E-state index in [1.807, 2.05) is 85.5 Å². The average Bonchev–Trinajstić information content (AvgIpc) is 3.65. The molecule has 0 saturated carbocycles. The van der Waals surface area contributed by atoms with Crippen molar-refractivity contribution in [1.82, 2.24) is 29.9 Å². The predicted molar refractivity (Wildman–Crippen MR) is 247 cm³/mol. The average molecular weight is 811 g/mol. The first kappa shape index (κ1) is 36.0. The number of hydrogen-bond acceptors (Lipinski definition) is 7. The van der Waals surface area contributed by atoms with Gasteiger partial charge in [-0.15, -0.1) is 0 Å². The monoisotopic (exact) mass is 810 g/mol. The Balaban J connectivity index is 1.16. The van der Waals surface area contributed by atoms with Crippen LogP contribution in [0.4, 0.5) is 0 Å². The summed E-state index contributed by atoms with van der Waals surface area (Å²) >= 11 is 1.80. The highest BCUT2D eigenvalue weighted by molar-refractivity contribution is 7.99. The van der Waals surface area contributed by atoms with Gasteiger partial charge < -0.3 is 0 Å². The molecule has 0 amide bonds.